The molecule has 36 heavy (non-hydrogen) atoms. The minimum atomic E-state index is -1.54. The van der Waals surface area contributed by atoms with Gasteiger partial charge in [0.15, 0.2) is 18.4 Å². The van der Waals surface area contributed by atoms with Gasteiger partial charge in [-0.3, -0.25) is 9.59 Å². The summed E-state index contributed by atoms with van der Waals surface area (Å²) in [5.74, 6) is -1.88. The molecular weight excluding hydrogens is 478 g/mol. The van der Waals surface area contributed by atoms with Crippen molar-refractivity contribution in [3.63, 3.8) is 0 Å². The summed E-state index contributed by atoms with van der Waals surface area (Å²) in [4.78, 5) is 24.5. The standard InChI is InChI=1S/C24H35NO11/c1-11-4-6-13(7-5-11)15(29)8-14-19(30)16(9-26)34-24(20(14)31)36-22-17(10-27)35-23(33-3)18(21(22)32)25-12(2)28/h4-7,14,16-24,26-27,30-32H,8-10H2,1-3H3,(H,25,28)/t14-,16?,17?,18?,19+,20?,21+,22+,23+,24-/m0/s1. The molecule has 0 spiro atoms. The topological polar surface area (TPSA) is 184 Å². The predicted octanol–water partition coefficient (Wildman–Crippen LogP) is -1.76. The van der Waals surface area contributed by atoms with Crippen LogP contribution in [0.4, 0.5) is 0 Å². The second-order valence-electron chi connectivity index (χ2n) is 9.14. The average Bonchev–Trinajstić information content (AvgIpc) is 2.85. The van der Waals surface area contributed by atoms with Gasteiger partial charge < -0.3 is 49.8 Å². The number of benzene rings is 1. The number of hydrogen-bond acceptors (Lipinski definition) is 11. The normalized spacial score (nSPS) is 36.9. The van der Waals surface area contributed by atoms with E-state index in [2.05, 4.69) is 5.32 Å². The van der Waals surface area contributed by atoms with Crippen molar-refractivity contribution >= 4 is 11.7 Å². The first-order valence-corrected chi connectivity index (χ1v) is 11.7. The Bertz CT molecular complexity index is 881. The maximum Gasteiger partial charge on any atom is 0.217 e. The van der Waals surface area contributed by atoms with E-state index in [9.17, 15) is 35.1 Å². The van der Waals surface area contributed by atoms with Crippen LogP contribution in [0.3, 0.4) is 0 Å². The maximum absolute atomic E-state index is 12.9. The number of aliphatic hydroxyl groups excluding tert-OH is 5. The zero-order valence-corrected chi connectivity index (χ0v) is 20.4. The number of carbonyl (C=O) groups excluding carboxylic acids is 2. The average molecular weight is 514 g/mol. The van der Waals surface area contributed by atoms with Gasteiger partial charge in [-0.2, -0.15) is 0 Å². The van der Waals surface area contributed by atoms with Gasteiger partial charge >= 0.3 is 0 Å². The summed E-state index contributed by atoms with van der Waals surface area (Å²) in [5, 5.41) is 54.7. The summed E-state index contributed by atoms with van der Waals surface area (Å²) >= 11 is 0. The van der Waals surface area contributed by atoms with Gasteiger partial charge in [0, 0.05) is 31.9 Å². The molecule has 0 radical (unpaired) electrons. The molecule has 0 aliphatic carbocycles. The van der Waals surface area contributed by atoms with Crippen molar-refractivity contribution in [1.29, 1.82) is 0 Å². The molecule has 6 N–H and O–H groups in total. The first-order chi connectivity index (χ1) is 17.1. The quantitative estimate of drug-likeness (QED) is 0.206. The summed E-state index contributed by atoms with van der Waals surface area (Å²) in [6.45, 7) is 1.89. The van der Waals surface area contributed by atoms with Gasteiger partial charge in [-0.05, 0) is 6.92 Å². The van der Waals surface area contributed by atoms with E-state index in [4.69, 9.17) is 18.9 Å². The van der Waals surface area contributed by atoms with E-state index in [0.717, 1.165) is 5.56 Å². The summed E-state index contributed by atoms with van der Waals surface area (Å²) in [6, 6.07) is 5.75. The molecule has 0 aromatic heterocycles. The molecule has 202 valence electrons. The lowest BCUT2D eigenvalue weighted by Crippen LogP contribution is -2.67. The van der Waals surface area contributed by atoms with E-state index in [0.29, 0.717) is 5.56 Å². The van der Waals surface area contributed by atoms with Gasteiger partial charge in [0.25, 0.3) is 0 Å². The van der Waals surface area contributed by atoms with Crippen molar-refractivity contribution in [2.75, 3.05) is 20.3 Å². The molecule has 10 atom stereocenters. The third-order valence-corrected chi connectivity index (χ3v) is 6.57. The molecule has 2 aliphatic rings. The van der Waals surface area contributed by atoms with Crippen LogP contribution in [-0.2, 0) is 23.7 Å². The first kappa shape index (κ1) is 28.6. The summed E-state index contributed by atoms with van der Waals surface area (Å²) in [5.41, 5.74) is 1.36. The predicted molar refractivity (Wildman–Crippen MR) is 123 cm³/mol. The first-order valence-electron chi connectivity index (χ1n) is 11.7. The molecule has 1 aromatic rings. The monoisotopic (exact) mass is 513 g/mol. The van der Waals surface area contributed by atoms with Gasteiger partial charge in [-0.1, -0.05) is 29.8 Å². The van der Waals surface area contributed by atoms with Crippen molar-refractivity contribution in [2.24, 2.45) is 5.92 Å². The Morgan fingerprint density at radius 2 is 1.56 bits per heavy atom. The highest BCUT2D eigenvalue weighted by Crippen LogP contribution is 2.33. The molecule has 3 rings (SSSR count). The number of ketones is 1. The number of aliphatic hydroxyl groups is 5. The number of ether oxygens (including phenoxy) is 4. The second kappa shape index (κ2) is 12.5. The highest BCUT2D eigenvalue weighted by Gasteiger charge is 2.51. The Morgan fingerprint density at radius 1 is 0.944 bits per heavy atom. The number of nitrogens with one attached hydrogen (secondary N) is 1. The second-order valence-corrected chi connectivity index (χ2v) is 9.14. The lowest BCUT2D eigenvalue weighted by Gasteiger charge is -2.47. The minimum absolute atomic E-state index is 0.265. The van der Waals surface area contributed by atoms with E-state index in [1.807, 2.05) is 6.92 Å². The van der Waals surface area contributed by atoms with E-state index < -0.39 is 80.3 Å². The lowest BCUT2D eigenvalue weighted by atomic mass is 9.83. The van der Waals surface area contributed by atoms with Crippen LogP contribution in [0, 0.1) is 12.8 Å². The van der Waals surface area contributed by atoms with Crippen LogP contribution in [-0.4, -0.2) is 113 Å². The van der Waals surface area contributed by atoms with Crippen LogP contribution in [0.2, 0.25) is 0 Å². The van der Waals surface area contributed by atoms with Crippen LogP contribution in [0.15, 0.2) is 24.3 Å². The molecule has 2 heterocycles. The fourth-order valence-corrected chi connectivity index (χ4v) is 4.57. The summed E-state index contributed by atoms with van der Waals surface area (Å²) < 4.78 is 22.2. The largest absolute Gasteiger partial charge is 0.394 e. The molecule has 2 saturated heterocycles. The molecule has 0 saturated carbocycles. The molecule has 12 nitrogen and oxygen atoms in total. The van der Waals surface area contributed by atoms with Crippen LogP contribution in [0.1, 0.15) is 29.3 Å². The van der Waals surface area contributed by atoms with Crippen molar-refractivity contribution in [2.45, 2.75) is 75.5 Å². The molecule has 12 heteroatoms. The van der Waals surface area contributed by atoms with E-state index in [-0.39, 0.29) is 12.2 Å². The van der Waals surface area contributed by atoms with Crippen molar-refractivity contribution < 1.29 is 54.1 Å². The number of aryl methyl sites for hydroxylation is 1. The van der Waals surface area contributed by atoms with Crippen molar-refractivity contribution in [1.82, 2.24) is 5.32 Å². The maximum atomic E-state index is 12.9. The van der Waals surface area contributed by atoms with Gasteiger partial charge in [0.2, 0.25) is 5.91 Å². The lowest BCUT2D eigenvalue weighted by molar-refractivity contribution is -0.341. The molecule has 4 unspecified atom stereocenters. The molecule has 1 amide bonds. The number of rotatable bonds is 9. The van der Waals surface area contributed by atoms with Crippen LogP contribution >= 0.6 is 0 Å². The fraction of sp³-hybridized carbons (Fsp3) is 0.667. The Kier molecular flexibility index (Phi) is 9.92. The minimum Gasteiger partial charge on any atom is -0.394 e. The summed E-state index contributed by atoms with van der Waals surface area (Å²) in [6.07, 6.45) is -10.9. The van der Waals surface area contributed by atoms with E-state index in [1.165, 1.54) is 14.0 Å². The van der Waals surface area contributed by atoms with Gasteiger partial charge in [0.1, 0.15) is 36.6 Å². The van der Waals surface area contributed by atoms with Gasteiger partial charge in [-0.25, -0.2) is 0 Å². The number of methoxy groups -OCH3 is 1. The van der Waals surface area contributed by atoms with Gasteiger partial charge in [0.05, 0.1) is 19.3 Å². The zero-order chi connectivity index (χ0) is 26.6. The smallest absolute Gasteiger partial charge is 0.217 e. The number of Topliss-reactive ketones (excluding diaryl/α,β-unsaturated/α-hetero) is 1. The Labute approximate surface area is 208 Å². The van der Waals surface area contributed by atoms with Crippen LogP contribution < -0.4 is 5.32 Å². The molecule has 0 bridgehead atoms. The summed E-state index contributed by atoms with van der Waals surface area (Å²) in [7, 11) is 1.30. The SMILES string of the molecule is CO[C@@H]1OC(CO)[C@@H](O[C@@H]2OC(CO)[C@H](O)[C@H](CC(=O)c3ccc(C)cc3)C2O)[C@H](O)C1NC(C)=O. The highest BCUT2D eigenvalue weighted by molar-refractivity contribution is 5.96. The van der Waals surface area contributed by atoms with Crippen molar-refractivity contribution in [3.8, 4) is 0 Å². The molecular formula is C24H35NO11. The van der Waals surface area contributed by atoms with Crippen LogP contribution in [0.25, 0.3) is 0 Å². The number of hydrogen-bond donors (Lipinski definition) is 6. The zero-order valence-electron chi connectivity index (χ0n) is 20.4. The molecule has 2 aliphatic heterocycles. The van der Waals surface area contributed by atoms with E-state index in [1.54, 1.807) is 24.3 Å². The van der Waals surface area contributed by atoms with Crippen molar-refractivity contribution in [3.05, 3.63) is 35.4 Å². The van der Waals surface area contributed by atoms with E-state index >= 15 is 0 Å². The van der Waals surface area contributed by atoms with Crippen LogP contribution in [0.5, 0.6) is 0 Å². The Morgan fingerprint density at radius 3 is 2.11 bits per heavy atom. The number of carbonyl (C=O) groups is 2. The number of amides is 1. The molecule has 2 fully saturated rings. The Balaban J connectivity index is 1.81. The Hall–Kier alpha value is -2.00. The third-order valence-electron chi connectivity index (χ3n) is 6.57. The van der Waals surface area contributed by atoms with Gasteiger partial charge in [-0.15, -0.1) is 0 Å². The highest BCUT2D eigenvalue weighted by atomic mass is 16.7. The fourth-order valence-electron chi connectivity index (χ4n) is 4.57. The third kappa shape index (κ3) is 6.28. The molecule has 1 aromatic carbocycles.